The molecule has 4 amide bonds. The van der Waals surface area contributed by atoms with Crippen molar-refractivity contribution in [1.82, 2.24) is 16.0 Å². The highest BCUT2D eigenvalue weighted by atomic mass is 32.1. The van der Waals surface area contributed by atoms with Gasteiger partial charge in [0, 0.05) is 0 Å². The Balaban J connectivity index is 2.48. The summed E-state index contributed by atoms with van der Waals surface area (Å²) in [4.78, 5) is 47.1. The Kier molecular flexibility index (Phi) is 8.22. The Hall–Kier alpha value is -2.63. The van der Waals surface area contributed by atoms with Gasteiger partial charge in [-0.15, -0.1) is 11.3 Å². The van der Waals surface area contributed by atoms with Crippen LogP contribution in [0.1, 0.15) is 23.5 Å². The number of imide groups is 1. The van der Waals surface area contributed by atoms with Gasteiger partial charge in [-0.05, 0) is 17.4 Å². The first kappa shape index (κ1) is 22.4. The number of rotatable bonds is 7. The molecule has 12 heteroatoms. The number of carbonyl (C=O) groups excluding carboxylic acids is 4. The molecule has 1 rings (SSSR count). The lowest BCUT2D eigenvalue weighted by atomic mass is 10.0. The Labute approximate surface area is 156 Å². The lowest BCUT2D eigenvalue weighted by Crippen LogP contribution is -2.47. The average Bonchev–Trinajstić information content (AvgIpc) is 3.09. The molecule has 27 heavy (non-hydrogen) atoms. The maximum absolute atomic E-state index is 12.1. The molecule has 0 radical (unpaired) electrons. The molecule has 3 N–H and O–H groups in total. The van der Waals surface area contributed by atoms with E-state index in [-0.39, 0.29) is 5.92 Å². The van der Waals surface area contributed by atoms with E-state index in [1.54, 1.807) is 36.7 Å². The zero-order chi connectivity index (χ0) is 20.6. The van der Waals surface area contributed by atoms with Gasteiger partial charge < -0.3 is 15.4 Å². The summed E-state index contributed by atoms with van der Waals surface area (Å²) in [7, 11) is 0. The van der Waals surface area contributed by atoms with Crippen LogP contribution in [-0.4, -0.2) is 49.2 Å². The van der Waals surface area contributed by atoms with E-state index in [0.717, 1.165) is 0 Å². The summed E-state index contributed by atoms with van der Waals surface area (Å²) in [5, 5.41) is 7.19. The van der Waals surface area contributed by atoms with Crippen LogP contribution in [0, 0.1) is 5.92 Å². The molecule has 1 atom stereocenters. The second-order valence-electron chi connectivity index (χ2n) is 5.63. The Morgan fingerprint density at radius 1 is 1.22 bits per heavy atom. The molecule has 0 aromatic carbocycles. The third-order valence-corrected chi connectivity index (χ3v) is 3.87. The Morgan fingerprint density at radius 2 is 1.89 bits per heavy atom. The zero-order valence-corrected chi connectivity index (χ0v) is 15.2. The van der Waals surface area contributed by atoms with E-state index in [1.807, 2.05) is 0 Å². The molecule has 8 nitrogen and oxygen atoms in total. The summed E-state index contributed by atoms with van der Waals surface area (Å²) >= 11 is 1.18. The maximum atomic E-state index is 12.1. The molecule has 0 saturated heterocycles. The van der Waals surface area contributed by atoms with Crippen molar-refractivity contribution in [1.29, 1.82) is 0 Å². The maximum Gasteiger partial charge on any atom is 0.405 e. The number of esters is 1. The number of hydrogen-bond acceptors (Lipinski definition) is 6. The monoisotopic (exact) mass is 409 g/mol. The minimum atomic E-state index is -4.63. The van der Waals surface area contributed by atoms with Gasteiger partial charge in [-0.1, -0.05) is 19.9 Å². The molecule has 0 unspecified atom stereocenters. The highest BCUT2D eigenvalue weighted by Crippen LogP contribution is 2.12. The van der Waals surface area contributed by atoms with Crippen LogP contribution in [0.3, 0.4) is 0 Å². The topological polar surface area (TPSA) is 114 Å². The van der Waals surface area contributed by atoms with E-state index < -0.39 is 49.2 Å². The van der Waals surface area contributed by atoms with Crippen LogP contribution in [0.5, 0.6) is 0 Å². The Bertz CT molecular complexity index is 677. The van der Waals surface area contributed by atoms with Crippen molar-refractivity contribution < 1.29 is 37.1 Å². The molecule has 0 aliphatic carbocycles. The second-order valence-corrected chi connectivity index (χ2v) is 6.57. The van der Waals surface area contributed by atoms with E-state index in [2.05, 4.69) is 5.32 Å². The average molecular weight is 409 g/mol. The molecule has 0 aliphatic rings. The highest BCUT2D eigenvalue weighted by molar-refractivity contribution is 7.12. The first-order chi connectivity index (χ1) is 12.5. The van der Waals surface area contributed by atoms with Gasteiger partial charge in [0.25, 0.3) is 11.8 Å². The van der Waals surface area contributed by atoms with Gasteiger partial charge in [0.05, 0.1) is 4.88 Å². The predicted octanol–water partition coefficient (Wildman–Crippen LogP) is 1.43. The molecule has 1 aromatic rings. The van der Waals surface area contributed by atoms with Crippen LogP contribution in [0.25, 0.3) is 0 Å². The number of amides is 4. The zero-order valence-electron chi connectivity index (χ0n) is 14.4. The number of thiophene rings is 1. The molecule has 0 fully saturated rings. The first-order valence-corrected chi connectivity index (χ1v) is 8.53. The van der Waals surface area contributed by atoms with Gasteiger partial charge in [0.1, 0.15) is 12.6 Å². The van der Waals surface area contributed by atoms with Crippen LogP contribution in [0.2, 0.25) is 0 Å². The van der Waals surface area contributed by atoms with E-state index in [4.69, 9.17) is 4.74 Å². The smallest absolute Gasteiger partial charge is 0.405 e. The van der Waals surface area contributed by atoms with E-state index >= 15 is 0 Å². The highest BCUT2D eigenvalue weighted by Gasteiger charge is 2.29. The largest absolute Gasteiger partial charge is 0.454 e. The van der Waals surface area contributed by atoms with Crippen molar-refractivity contribution in [3.05, 3.63) is 22.4 Å². The molecule has 0 aliphatic heterocycles. The molecule has 0 bridgehead atoms. The number of urea groups is 1. The fourth-order valence-electron chi connectivity index (χ4n) is 1.73. The SMILES string of the molecule is CC(C)[C@@H](NC(=O)c1cccs1)C(=O)OCC(=O)NC(=O)NCC(F)(F)F. The van der Waals surface area contributed by atoms with Crippen molar-refractivity contribution in [2.24, 2.45) is 5.92 Å². The summed E-state index contributed by atoms with van der Waals surface area (Å²) in [5.74, 6) is -2.88. The molecule has 150 valence electrons. The summed E-state index contributed by atoms with van der Waals surface area (Å²) in [5.41, 5.74) is 0. The number of carbonyl (C=O) groups is 4. The van der Waals surface area contributed by atoms with Gasteiger partial charge in [0.15, 0.2) is 6.61 Å². The first-order valence-electron chi connectivity index (χ1n) is 7.65. The predicted molar refractivity (Wildman–Crippen MR) is 89.0 cm³/mol. The summed E-state index contributed by atoms with van der Waals surface area (Å²) < 4.78 is 40.6. The quantitative estimate of drug-likeness (QED) is 0.590. The second kappa shape index (κ2) is 9.90. The van der Waals surface area contributed by atoms with Crippen molar-refractivity contribution in [3.8, 4) is 0 Å². The van der Waals surface area contributed by atoms with Crippen LogP contribution in [0.15, 0.2) is 17.5 Å². The van der Waals surface area contributed by atoms with E-state index in [9.17, 15) is 32.3 Å². The lowest BCUT2D eigenvalue weighted by molar-refractivity contribution is -0.151. The molecule has 0 saturated carbocycles. The van der Waals surface area contributed by atoms with Gasteiger partial charge in [0.2, 0.25) is 0 Å². The van der Waals surface area contributed by atoms with Gasteiger partial charge >= 0.3 is 18.2 Å². The lowest BCUT2D eigenvalue weighted by Gasteiger charge is -2.20. The standard InChI is InChI=1S/C15H18F3N3O5S/c1-8(2)11(21-12(23)9-4-3-5-27-9)13(24)26-6-10(22)20-14(25)19-7-15(16,17)18/h3-5,8,11H,6-7H2,1-2H3,(H,21,23)(H2,19,20,22,25)/t11-/m1/s1. The van der Waals surface area contributed by atoms with Crippen molar-refractivity contribution >= 4 is 35.2 Å². The summed E-state index contributed by atoms with van der Waals surface area (Å²) in [6.07, 6.45) is -4.63. The number of hydrogen-bond donors (Lipinski definition) is 3. The molecule has 0 spiro atoms. The number of ether oxygens (including phenoxy) is 1. The summed E-state index contributed by atoms with van der Waals surface area (Å²) in [6, 6.07) is 0.804. The third-order valence-electron chi connectivity index (χ3n) is 3.00. The van der Waals surface area contributed by atoms with E-state index in [1.165, 1.54) is 16.7 Å². The minimum absolute atomic E-state index is 0.362. The number of alkyl halides is 3. The Morgan fingerprint density at radius 3 is 2.41 bits per heavy atom. The molecule has 1 aromatic heterocycles. The van der Waals surface area contributed by atoms with Gasteiger partial charge in [-0.2, -0.15) is 13.2 Å². The molecular formula is C15H18F3N3O5S. The fraction of sp³-hybridized carbons (Fsp3) is 0.467. The van der Waals surface area contributed by atoms with Gasteiger partial charge in [-0.3, -0.25) is 14.9 Å². The van der Waals surface area contributed by atoms with Crippen LogP contribution in [0.4, 0.5) is 18.0 Å². The molecule has 1 heterocycles. The van der Waals surface area contributed by atoms with Crippen LogP contribution in [-0.2, 0) is 14.3 Å². The van der Waals surface area contributed by atoms with Crippen LogP contribution >= 0.6 is 11.3 Å². The van der Waals surface area contributed by atoms with Crippen molar-refractivity contribution in [2.45, 2.75) is 26.1 Å². The third kappa shape index (κ3) is 8.53. The summed E-state index contributed by atoms with van der Waals surface area (Å²) in [6.45, 7) is 0.781. The van der Waals surface area contributed by atoms with Crippen LogP contribution < -0.4 is 16.0 Å². The molecular weight excluding hydrogens is 391 g/mol. The van der Waals surface area contributed by atoms with Crippen molar-refractivity contribution in [3.63, 3.8) is 0 Å². The van der Waals surface area contributed by atoms with Gasteiger partial charge in [-0.25, -0.2) is 9.59 Å². The van der Waals surface area contributed by atoms with E-state index in [0.29, 0.717) is 4.88 Å². The normalized spacial score (nSPS) is 12.2. The minimum Gasteiger partial charge on any atom is -0.454 e. The van der Waals surface area contributed by atoms with Crippen molar-refractivity contribution in [2.75, 3.05) is 13.2 Å². The number of halogens is 3. The number of nitrogens with one attached hydrogen (secondary N) is 3. The fourth-order valence-corrected chi connectivity index (χ4v) is 2.36.